The molecule has 0 bridgehead atoms. The Morgan fingerprint density at radius 3 is 2.62 bits per heavy atom. The Labute approximate surface area is 198 Å². The van der Waals surface area contributed by atoms with Gasteiger partial charge in [-0.15, -0.1) is 0 Å². The van der Waals surface area contributed by atoms with E-state index in [9.17, 15) is 14.7 Å². The minimum atomic E-state index is -0.729. The standard InChI is InChI=1S/C26H32N2O6/c1-14-21(13-32-26(31)23(27)15-4-2-3-5-15)24(34-28-14)16-6-8-19(9-7-16)33-22-12-18(25(29)30)10-17-11-20(17)22/h6-9,15,17-18,20,22-23H,2-5,10-13,27H2,1H3,(H,29,30)/t17-,18-,20+,22?,23?/m1/s1. The van der Waals surface area contributed by atoms with Gasteiger partial charge in [0.15, 0.2) is 5.76 Å². The van der Waals surface area contributed by atoms with E-state index in [-0.39, 0.29) is 30.5 Å². The van der Waals surface area contributed by atoms with Gasteiger partial charge in [0, 0.05) is 5.56 Å². The quantitative estimate of drug-likeness (QED) is 0.555. The van der Waals surface area contributed by atoms with E-state index in [4.69, 9.17) is 19.7 Å². The molecule has 3 saturated carbocycles. The molecule has 3 fully saturated rings. The molecule has 0 spiro atoms. The highest BCUT2D eigenvalue weighted by molar-refractivity contribution is 5.76. The molecule has 0 saturated heterocycles. The summed E-state index contributed by atoms with van der Waals surface area (Å²) in [4.78, 5) is 23.9. The number of carbonyl (C=O) groups is 2. The zero-order chi connectivity index (χ0) is 23.8. The van der Waals surface area contributed by atoms with Gasteiger partial charge in [0.05, 0.1) is 17.2 Å². The van der Waals surface area contributed by atoms with E-state index in [1.54, 1.807) is 0 Å². The molecule has 0 amide bonds. The molecule has 3 aliphatic carbocycles. The van der Waals surface area contributed by atoms with Crippen molar-refractivity contribution in [1.82, 2.24) is 5.16 Å². The number of hydrogen-bond acceptors (Lipinski definition) is 7. The van der Waals surface area contributed by atoms with Gasteiger partial charge < -0.3 is 24.8 Å². The zero-order valence-corrected chi connectivity index (χ0v) is 19.4. The maximum atomic E-state index is 12.5. The topological polar surface area (TPSA) is 125 Å². The fraction of sp³-hybridized carbons (Fsp3) is 0.577. The molecule has 3 N–H and O–H groups in total. The minimum absolute atomic E-state index is 0.0581. The largest absolute Gasteiger partial charge is 0.490 e. The number of fused-ring (bicyclic) bond motifs is 1. The lowest BCUT2D eigenvalue weighted by Gasteiger charge is -2.27. The Kier molecular flexibility index (Phi) is 6.34. The third-order valence-corrected chi connectivity index (χ3v) is 7.84. The molecular weight excluding hydrogens is 436 g/mol. The lowest BCUT2D eigenvalue weighted by atomic mass is 9.87. The number of carboxylic acid groups (broad SMARTS) is 1. The van der Waals surface area contributed by atoms with Gasteiger partial charge in [0.1, 0.15) is 24.5 Å². The van der Waals surface area contributed by atoms with Gasteiger partial charge in [-0.1, -0.05) is 18.0 Å². The molecule has 34 heavy (non-hydrogen) atoms. The number of carbonyl (C=O) groups excluding carboxylic acids is 1. The Morgan fingerprint density at radius 1 is 1.18 bits per heavy atom. The molecule has 182 valence electrons. The Hall–Kier alpha value is -2.87. The van der Waals surface area contributed by atoms with Crippen LogP contribution in [0.25, 0.3) is 11.3 Å². The summed E-state index contributed by atoms with van der Waals surface area (Å²) in [6.45, 7) is 1.88. The molecule has 8 nitrogen and oxygen atoms in total. The Balaban J connectivity index is 1.22. The Morgan fingerprint density at radius 2 is 1.91 bits per heavy atom. The van der Waals surface area contributed by atoms with Crippen LogP contribution in [-0.2, 0) is 20.9 Å². The van der Waals surface area contributed by atoms with Crippen molar-refractivity contribution >= 4 is 11.9 Å². The fourth-order valence-electron chi connectivity index (χ4n) is 5.65. The summed E-state index contributed by atoms with van der Waals surface area (Å²) in [5.41, 5.74) is 8.31. The molecule has 3 aliphatic rings. The number of rotatable bonds is 8. The van der Waals surface area contributed by atoms with Crippen molar-refractivity contribution < 1.29 is 28.7 Å². The van der Waals surface area contributed by atoms with Gasteiger partial charge in [-0.2, -0.15) is 0 Å². The number of hydrogen-bond donors (Lipinski definition) is 2. The molecule has 1 heterocycles. The van der Waals surface area contributed by atoms with Crippen LogP contribution in [0.2, 0.25) is 0 Å². The lowest BCUT2D eigenvalue weighted by molar-refractivity contribution is -0.148. The summed E-state index contributed by atoms with van der Waals surface area (Å²) >= 11 is 0. The first-order chi connectivity index (χ1) is 16.4. The van der Waals surface area contributed by atoms with Gasteiger partial charge in [0.25, 0.3) is 0 Å². The molecule has 8 heteroatoms. The maximum Gasteiger partial charge on any atom is 0.323 e. The van der Waals surface area contributed by atoms with Crippen molar-refractivity contribution in [2.24, 2.45) is 29.4 Å². The van der Waals surface area contributed by atoms with Crippen LogP contribution in [0.1, 0.15) is 56.2 Å². The number of benzene rings is 1. The van der Waals surface area contributed by atoms with Crippen LogP contribution in [0.3, 0.4) is 0 Å². The van der Waals surface area contributed by atoms with Crippen molar-refractivity contribution in [3.05, 3.63) is 35.5 Å². The van der Waals surface area contributed by atoms with E-state index < -0.39 is 12.0 Å². The summed E-state index contributed by atoms with van der Waals surface area (Å²) in [7, 11) is 0. The van der Waals surface area contributed by atoms with E-state index in [0.29, 0.717) is 35.5 Å². The minimum Gasteiger partial charge on any atom is -0.490 e. The first-order valence-corrected chi connectivity index (χ1v) is 12.3. The van der Waals surface area contributed by atoms with Crippen molar-refractivity contribution in [2.45, 2.75) is 70.6 Å². The van der Waals surface area contributed by atoms with Gasteiger partial charge in [0.2, 0.25) is 0 Å². The molecule has 1 aromatic carbocycles. The SMILES string of the molecule is Cc1noc(-c2ccc(OC3C[C@H](C(=O)O)C[C@@H]4C[C@H]34)cc2)c1COC(=O)C(N)C1CCCC1. The Bertz CT molecular complexity index is 1040. The number of aromatic nitrogens is 1. The van der Waals surface area contributed by atoms with Crippen molar-refractivity contribution in [1.29, 1.82) is 0 Å². The van der Waals surface area contributed by atoms with E-state index >= 15 is 0 Å². The fourth-order valence-corrected chi connectivity index (χ4v) is 5.65. The average molecular weight is 469 g/mol. The summed E-state index contributed by atoms with van der Waals surface area (Å²) in [5.74, 6) is 0.961. The monoisotopic (exact) mass is 468 g/mol. The highest BCUT2D eigenvalue weighted by Gasteiger charge is 2.51. The number of nitrogens with two attached hydrogens (primary N) is 1. The van der Waals surface area contributed by atoms with Gasteiger partial charge in [-0.3, -0.25) is 9.59 Å². The van der Waals surface area contributed by atoms with Crippen LogP contribution in [-0.4, -0.2) is 34.3 Å². The van der Waals surface area contributed by atoms with Crippen molar-refractivity contribution in [3.63, 3.8) is 0 Å². The van der Waals surface area contributed by atoms with Gasteiger partial charge in [-0.05, 0) is 81.0 Å². The molecule has 5 atom stereocenters. The van der Waals surface area contributed by atoms with Crippen LogP contribution in [0, 0.1) is 30.6 Å². The van der Waals surface area contributed by atoms with Crippen molar-refractivity contribution in [2.75, 3.05) is 0 Å². The smallest absolute Gasteiger partial charge is 0.323 e. The van der Waals surface area contributed by atoms with E-state index in [1.165, 1.54) is 0 Å². The first-order valence-electron chi connectivity index (χ1n) is 12.3. The number of aryl methyl sites for hydroxylation is 1. The molecule has 0 aliphatic heterocycles. The summed E-state index contributed by atoms with van der Waals surface area (Å²) in [5, 5.41) is 13.5. The molecule has 2 aromatic rings. The van der Waals surface area contributed by atoms with Gasteiger partial charge in [-0.25, -0.2) is 0 Å². The highest BCUT2D eigenvalue weighted by Crippen LogP contribution is 2.52. The third-order valence-electron chi connectivity index (χ3n) is 7.84. The molecular formula is C26H32N2O6. The number of carboxylic acids is 1. The zero-order valence-electron chi connectivity index (χ0n) is 19.4. The molecule has 5 rings (SSSR count). The molecule has 2 unspecified atom stereocenters. The molecule has 0 radical (unpaired) electrons. The van der Waals surface area contributed by atoms with Crippen LogP contribution in [0.5, 0.6) is 5.75 Å². The van der Waals surface area contributed by atoms with Crippen molar-refractivity contribution in [3.8, 4) is 17.1 Å². The first kappa shape index (κ1) is 22.9. The van der Waals surface area contributed by atoms with Crippen LogP contribution < -0.4 is 10.5 Å². The summed E-state index contributed by atoms with van der Waals surface area (Å²) < 4.78 is 17.3. The number of esters is 1. The summed E-state index contributed by atoms with van der Waals surface area (Å²) in [6, 6.07) is 6.90. The number of aliphatic carboxylic acids is 1. The average Bonchev–Trinajstić information content (AvgIpc) is 3.24. The van der Waals surface area contributed by atoms with Crippen LogP contribution >= 0.6 is 0 Å². The third kappa shape index (κ3) is 4.69. The highest BCUT2D eigenvalue weighted by atomic mass is 16.5. The van der Waals surface area contributed by atoms with Crippen LogP contribution in [0.4, 0.5) is 0 Å². The predicted octanol–water partition coefficient (Wildman–Crippen LogP) is 4.09. The van der Waals surface area contributed by atoms with Crippen LogP contribution in [0.15, 0.2) is 28.8 Å². The second-order valence-electron chi connectivity index (χ2n) is 10.1. The maximum absolute atomic E-state index is 12.5. The second kappa shape index (κ2) is 9.41. The predicted molar refractivity (Wildman–Crippen MR) is 123 cm³/mol. The number of nitrogens with zero attached hydrogens (tertiary/aromatic N) is 1. The lowest BCUT2D eigenvalue weighted by Crippen LogP contribution is -2.38. The van der Waals surface area contributed by atoms with E-state index in [2.05, 4.69) is 5.16 Å². The van der Waals surface area contributed by atoms with Gasteiger partial charge >= 0.3 is 11.9 Å². The number of ether oxygens (including phenoxy) is 2. The summed E-state index contributed by atoms with van der Waals surface area (Å²) in [6.07, 6.45) is 6.49. The second-order valence-corrected chi connectivity index (χ2v) is 10.1. The molecule has 1 aromatic heterocycles. The normalized spacial score (nSPS) is 27.1. The van der Waals surface area contributed by atoms with E-state index in [1.807, 2.05) is 31.2 Å². The van der Waals surface area contributed by atoms with E-state index in [0.717, 1.165) is 49.7 Å².